The van der Waals surface area contributed by atoms with Gasteiger partial charge in [0, 0.05) is 7.05 Å². The molecular weight excluding hydrogens is 302 g/mol. The smallest absolute Gasteiger partial charge is 0.230 e. The molecule has 1 heterocycles. The Kier molecular flexibility index (Phi) is 5.26. The van der Waals surface area contributed by atoms with Crippen LogP contribution in [0, 0.1) is 13.8 Å². The maximum absolute atomic E-state index is 11.2. The number of aromatic nitrogens is 3. The predicted molar refractivity (Wildman–Crippen MR) is 85.2 cm³/mol. The zero-order valence-electron chi connectivity index (χ0n) is 12.8. The Bertz CT molecular complexity index is 651. The number of thioether (sulfide) groups is 1. The van der Waals surface area contributed by atoms with E-state index in [1.165, 1.54) is 16.4 Å². The van der Waals surface area contributed by atoms with Crippen LogP contribution >= 0.6 is 11.8 Å². The van der Waals surface area contributed by atoms with E-state index in [2.05, 4.69) is 15.5 Å². The van der Waals surface area contributed by atoms with E-state index in [1.54, 1.807) is 7.05 Å². The highest BCUT2D eigenvalue weighted by molar-refractivity contribution is 7.99. The minimum absolute atomic E-state index is 0.0960. The van der Waals surface area contributed by atoms with Crippen LogP contribution in [0.2, 0.25) is 0 Å². The van der Waals surface area contributed by atoms with Gasteiger partial charge in [0.25, 0.3) is 0 Å². The molecule has 0 bridgehead atoms. The molecule has 2 rings (SSSR count). The Labute approximate surface area is 133 Å². The van der Waals surface area contributed by atoms with Gasteiger partial charge in [-0.05, 0) is 25.0 Å². The Morgan fingerprint density at radius 1 is 1.36 bits per heavy atom. The molecule has 1 aromatic heterocycles. The third kappa shape index (κ3) is 3.70. The number of ether oxygens (including phenoxy) is 1. The molecule has 0 radical (unpaired) electrons. The molecule has 0 spiro atoms. The summed E-state index contributed by atoms with van der Waals surface area (Å²) in [5, 5.41) is 11.0. The number of hydrogen-bond acceptors (Lipinski definition) is 6. The molecule has 7 nitrogen and oxygen atoms in total. The predicted octanol–water partition coefficient (Wildman–Crippen LogP) is 1.03. The van der Waals surface area contributed by atoms with Crippen LogP contribution in [0.4, 0.5) is 0 Å². The van der Waals surface area contributed by atoms with Crippen molar-refractivity contribution in [2.45, 2.75) is 25.6 Å². The second kappa shape index (κ2) is 7.17. The fourth-order valence-electron chi connectivity index (χ4n) is 1.87. The molecule has 118 valence electrons. The van der Waals surface area contributed by atoms with E-state index in [1.807, 2.05) is 32.0 Å². The standard InChI is InChI=1S/C14H19N5O2S/c1-9-5-4-6-10(2)13(9)21-7-11-17-18-14(19(11)15)22-8-12(20)16-3/h4-6H,7-8,15H2,1-3H3,(H,16,20). The van der Waals surface area contributed by atoms with E-state index >= 15 is 0 Å². The molecule has 0 aliphatic rings. The molecule has 0 saturated carbocycles. The minimum atomic E-state index is -0.0960. The highest BCUT2D eigenvalue weighted by Crippen LogP contribution is 2.23. The van der Waals surface area contributed by atoms with Crippen LogP contribution in [0.5, 0.6) is 5.75 Å². The summed E-state index contributed by atoms with van der Waals surface area (Å²) in [4.78, 5) is 11.2. The van der Waals surface area contributed by atoms with E-state index in [9.17, 15) is 4.79 Å². The molecule has 0 atom stereocenters. The largest absolute Gasteiger partial charge is 0.485 e. The summed E-state index contributed by atoms with van der Waals surface area (Å²) >= 11 is 1.23. The molecule has 1 amide bonds. The maximum atomic E-state index is 11.2. The molecule has 22 heavy (non-hydrogen) atoms. The Morgan fingerprint density at radius 3 is 2.68 bits per heavy atom. The van der Waals surface area contributed by atoms with Crippen molar-refractivity contribution in [2.24, 2.45) is 0 Å². The van der Waals surface area contributed by atoms with Crippen LogP contribution in [-0.4, -0.2) is 33.6 Å². The summed E-state index contributed by atoms with van der Waals surface area (Å²) in [6.07, 6.45) is 0. The van der Waals surface area contributed by atoms with Gasteiger partial charge in [0.2, 0.25) is 11.1 Å². The van der Waals surface area contributed by atoms with Crippen molar-refractivity contribution in [1.82, 2.24) is 20.2 Å². The van der Waals surface area contributed by atoms with Crippen LogP contribution in [0.15, 0.2) is 23.4 Å². The number of nitrogen functional groups attached to an aromatic ring is 1. The zero-order valence-corrected chi connectivity index (χ0v) is 13.6. The highest BCUT2D eigenvalue weighted by Gasteiger charge is 2.13. The number of carbonyl (C=O) groups is 1. The SMILES string of the molecule is CNC(=O)CSc1nnc(COc2c(C)cccc2C)n1N. The first kappa shape index (κ1) is 16.2. The number of amides is 1. The van der Waals surface area contributed by atoms with Gasteiger partial charge in [-0.2, -0.15) is 0 Å². The van der Waals surface area contributed by atoms with E-state index in [-0.39, 0.29) is 18.3 Å². The van der Waals surface area contributed by atoms with Crippen LogP contribution < -0.4 is 15.9 Å². The molecule has 8 heteroatoms. The van der Waals surface area contributed by atoms with Gasteiger partial charge in [0.15, 0.2) is 5.82 Å². The molecule has 3 N–H and O–H groups in total. The first-order chi connectivity index (χ1) is 10.5. The van der Waals surface area contributed by atoms with Gasteiger partial charge in [-0.25, -0.2) is 4.68 Å². The van der Waals surface area contributed by atoms with Crippen molar-refractivity contribution >= 4 is 17.7 Å². The number of aryl methyl sites for hydroxylation is 2. The lowest BCUT2D eigenvalue weighted by Gasteiger charge is -2.11. The Hall–Kier alpha value is -2.22. The summed E-state index contributed by atoms with van der Waals surface area (Å²) in [5.74, 6) is 7.40. The maximum Gasteiger partial charge on any atom is 0.230 e. The number of nitrogens with one attached hydrogen (secondary N) is 1. The average Bonchev–Trinajstić information content (AvgIpc) is 2.85. The van der Waals surface area contributed by atoms with Gasteiger partial charge in [-0.3, -0.25) is 4.79 Å². The zero-order chi connectivity index (χ0) is 16.1. The van der Waals surface area contributed by atoms with Crippen LogP contribution in [0.3, 0.4) is 0 Å². The number of rotatable bonds is 6. The molecule has 0 unspecified atom stereocenters. The Balaban J connectivity index is 2.02. The van der Waals surface area contributed by atoms with Gasteiger partial charge in [0.05, 0.1) is 5.75 Å². The number of para-hydroxylation sites is 1. The lowest BCUT2D eigenvalue weighted by atomic mass is 10.1. The van der Waals surface area contributed by atoms with Crippen molar-refractivity contribution in [3.63, 3.8) is 0 Å². The molecule has 0 aliphatic heterocycles. The summed E-state index contributed by atoms with van der Waals surface area (Å²) < 4.78 is 7.15. The minimum Gasteiger partial charge on any atom is -0.485 e. The van der Waals surface area contributed by atoms with Crippen molar-refractivity contribution in [1.29, 1.82) is 0 Å². The number of nitrogens with two attached hydrogens (primary N) is 1. The van der Waals surface area contributed by atoms with E-state index < -0.39 is 0 Å². The van der Waals surface area contributed by atoms with E-state index in [0.717, 1.165) is 16.9 Å². The molecule has 0 aliphatic carbocycles. The molecule has 1 aromatic carbocycles. The summed E-state index contributed by atoms with van der Waals surface area (Å²) in [6.45, 7) is 4.19. The third-order valence-corrected chi connectivity index (χ3v) is 4.04. The molecule has 0 fully saturated rings. The van der Waals surface area contributed by atoms with Crippen molar-refractivity contribution in [2.75, 3.05) is 18.6 Å². The molecule has 0 saturated heterocycles. The quantitative estimate of drug-likeness (QED) is 0.609. The summed E-state index contributed by atoms with van der Waals surface area (Å²) in [7, 11) is 1.58. The molecular formula is C14H19N5O2S. The fourth-order valence-corrected chi connectivity index (χ4v) is 2.62. The van der Waals surface area contributed by atoms with Gasteiger partial charge in [-0.1, -0.05) is 30.0 Å². The number of benzene rings is 1. The van der Waals surface area contributed by atoms with Crippen LogP contribution in [0.1, 0.15) is 17.0 Å². The second-order valence-electron chi connectivity index (χ2n) is 4.74. The van der Waals surface area contributed by atoms with Gasteiger partial charge in [-0.15, -0.1) is 10.2 Å². The van der Waals surface area contributed by atoms with Crippen LogP contribution in [0.25, 0.3) is 0 Å². The van der Waals surface area contributed by atoms with Crippen molar-refractivity contribution in [3.8, 4) is 5.75 Å². The third-order valence-electron chi connectivity index (χ3n) is 3.10. The first-order valence-corrected chi connectivity index (χ1v) is 7.73. The average molecular weight is 321 g/mol. The Morgan fingerprint density at radius 2 is 2.05 bits per heavy atom. The number of hydrogen-bond donors (Lipinski definition) is 2. The second-order valence-corrected chi connectivity index (χ2v) is 5.68. The van der Waals surface area contributed by atoms with Crippen molar-refractivity contribution in [3.05, 3.63) is 35.2 Å². The summed E-state index contributed by atoms with van der Waals surface area (Å²) in [6, 6.07) is 5.96. The van der Waals surface area contributed by atoms with E-state index in [4.69, 9.17) is 10.6 Å². The summed E-state index contributed by atoms with van der Waals surface area (Å²) in [5.41, 5.74) is 2.11. The van der Waals surface area contributed by atoms with Gasteiger partial charge in [0.1, 0.15) is 12.4 Å². The highest BCUT2D eigenvalue weighted by atomic mass is 32.2. The van der Waals surface area contributed by atoms with Crippen molar-refractivity contribution < 1.29 is 9.53 Å². The topological polar surface area (TPSA) is 95.1 Å². The fraction of sp³-hybridized carbons (Fsp3) is 0.357. The number of nitrogens with zero attached hydrogens (tertiary/aromatic N) is 3. The molecule has 2 aromatic rings. The first-order valence-electron chi connectivity index (χ1n) is 6.74. The van der Waals surface area contributed by atoms with Crippen LogP contribution in [-0.2, 0) is 11.4 Å². The van der Waals surface area contributed by atoms with Gasteiger partial charge < -0.3 is 15.9 Å². The lowest BCUT2D eigenvalue weighted by Crippen LogP contribution is -2.21. The normalized spacial score (nSPS) is 10.5. The van der Waals surface area contributed by atoms with Gasteiger partial charge >= 0.3 is 0 Å². The number of carbonyl (C=O) groups excluding carboxylic acids is 1. The van der Waals surface area contributed by atoms with E-state index in [0.29, 0.717) is 11.0 Å². The lowest BCUT2D eigenvalue weighted by molar-refractivity contribution is -0.118. The monoisotopic (exact) mass is 321 g/mol.